The van der Waals surface area contributed by atoms with Crippen LogP contribution in [0.4, 0.5) is 0 Å². The van der Waals surface area contributed by atoms with Gasteiger partial charge in [-0.2, -0.15) is 0 Å². The molecule has 0 unspecified atom stereocenters. The van der Waals surface area contributed by atoms with Crippen LogP contribution in [-0.4, -0.2) is 37.0 Å². The molecule has 1 aliphatic heterocycles. The predicted molar refractivity (Wildman–Crippen MR) is 64.6 cm³/mol. The van der Waals surface area contributed by atoms with E-state index in [4.69, 9.17) is 9.47 Å². The molecule has 0 aromatic rings. The van der Waals surface area contributed by atoms with Crippen LogP contribution in [0.2, 0.25) is 0 Å². The van der Waals surface area contributed by atoms with Gasteiger partial charge in [-0.3, -0.25) is 0 Å². The summed E-state index contributed by atoms with van der Waals surface area (Å²) >= 11 is 0. The number of hydrogen-bond donors (Lipinski definition) is 1. The van der Waals surface area contributed by atoms with E-state index >= 15 is 0 Å². The van der Waals surface area contributed by atoms with Crippen LogP contribution < -0.4 is 5.32 Å². The van der Waals surface area contributed by atoms with Crippen LogP contribution in [0, 0.1) is 0 Å². The largest absolute Gasteiger partial charge is 0.378 e. The average Bonchev–Trinajstić information content (AvgIpc) is 2.28. The van der Waals surface area contributed by atoms with Crippen LogP contribution in [0.1, 0.15) is 46.5 Å². The highest BCUT2D eigenvalue weighted by atomic mass is 16.5. The topological polar surface area (TPSA) is 30.5 Å². The molecule has 2 rings (SSSR count). The maximum Gasteiger partial charge on any atom is 0.0863 e. The lowest BCUT2D eigenvalue weighted by Crippen LogP contribution is -2.66. The Morgan fingerprint density at radius 1 is 1.19 bits per heavy atom. The Balaban J connectivity index is 1.93. The minimum absolute atomic E-state index is 0.0649. The van der Waals surface area contributed by atoms with Crippen molar-refractivity contribution in [3.63, 3.8) is 0 Å². The van der Waals surface area contributed by atoms with Crippen LogP contribution in [0.15, 0.2) is 0 Å². The second-order valence-corrected chi connectivity index (χ2v) is 5.26. The highest BCUT2D eigenvalue weighted by molar-refractivity contribution is 5.04. The standard InChI is InChI=1S/C13H25NO2/c1-4-12(5-2)9-14-10-13(16-12)7-11(8-13)15-6-3/h11,14H,4-10H2,1-3H3. The molecule has 0 aromatic heterocycles. The molecule has 0 amide bonds. The lowest BCUT2D eigenvalue weighted by molar-refractivity contribution is -0.246. The maximum atomic E-state index is 6.43. The van der Waals surface area contributed by atoms with Gasteiger partial charge in [-0.25, -0.2) is 0 Å². The third kappa shape index (κ3) is 2.13. The summed E-state index contributed by atoms with van der Waals surface area (Å²) in [5, 5.41) is 3.55. The molecular formula is C13H25NO2. The van der Waals surface area contributed by atoms with Gasteiger partial charge >= 0.3 is 0 Å². The quantitative estimate of drug-likeness (QED) is 0.798. The maximum absolute atomic E-state index is 6.43. The van der Waals surface area contributed by atoms with Crippen LogP contribution in [-0.2, 0) is 9.47 Å². The summed E-state index contributed by atoms with van der Waals surface area (Å²) in [5.74, 6) is 0. The average molecular weight is 227 g/mol. The molecule has 94 valence electrons. The van der Waals surface area contributed by atoms with Gasteiger partial charge < -0.3 is 14.8 Å². The lowest BCUT2D eigenvalue weighted by Gasteiger charge is -2.55. The zero-order chi connectivity index (χ0) is 11.6. The Morgan fingerprint density at radius 3 is 2.44 bits per heavy atom. The van der Waals surface area contributed by atoms with E-state index in [9.17, 15) is 0 Å². The highest BCUT2D eigenvalue weighted by Gasteiger charge is 2.52. The van der Waals surface area contributed by atoms with Crippen LogP contribution >= 0.6 is 0 Å². The summed E-state index contributed by atoms with van der Waals surface area (Å²) in [6.45, 7) is 9.33. The van der Waals surface area contributed by atoms with Gasteiger partial charge in [0.2, 0.25) is 0 Å². The molecule has 3 nitrogen and oxygen atoms in total. The molecule has 2 fully saturated rings. The van der Waals surface area contributed by atoms with E-state index in [2.05, 4.69) is 26.1 Å². The van der Waals surface area contributed by atoms with Crippen molar-refractivity contribution in [3.05, 3.63) is 0 Å². The van der Waals surface area contributed by atoms with E-state index in [-0.39, 0.29) is 11.2 Å². The fourth-order valence-electron chi connectivity index (χ4n) is 3.05. The van der Waals surface area contributed by atoms with Crippen molar-refractivity contribution in [2.24, 2.45) is 0 Å². The van der Waals surface area contributed by atoms with Gasteiger partial charge in [0, 0.05) is 32.5 Å². The Hall–Kier alpha value is -0.120. The third-order valence-corrected chi connectivity index (χ3v) is 4.22. The second kappa shape index (κ2) is 4.63. The molecule has 0 bridgehead atoms. The molecule has 1 spiro atoms. The van der Waals surface area contributed by atoms with Crippen LogP contribution in [0.3, 0.4) is 0 Å². The van der Waals surface area contributed by atoms with Crippen molar-refractivity contribution >= 4 is 0 Å². The van der Waals surface area contributed by atoms with Gasteiger partial charge in [0.05, 0.1) is 17.3 Å². The Bertz CT molecular complexity index is 232. The summed E-state index contributed by atoms with van der Waals surface area (Å²) in [4.78, 5) is 0. The SMILES string of the molecule is CCOC1CC2(CNCC(CC)(CC)O2)C1. The molecule has 1 saturated carbocycles. The van der Waals surface area contributed by atoms with Crippen molar-refractivity contribution in [2.45, 2.75) is 63.8 Å². The number of ether oxygens (including phenoxy) is 2. The zero-order valence-electron chi connectivity index (χ0n) is 10.8. The molecule has 0 radical (unpaired) electrons. The summed E-state index contributed by atoms with van der Waals surface area (Å²) in [6, 6.07) is 0. The van der Waals surface area contributed by atoms with Gasteiger partial charge in [0.15, 0.2) is 0 Å². The Kier molecular flexibility index (Phi) is 3.57. The normalized spacial score (nSPS) is 37.3. The first-order valence-electron chi connectivity index (χ1n) is 6.70. The van der Waals surface area contributed by atoms with E-state index in [0.29, 0.717) is 6.10 Å². The van der Waals surface area contributed by atoms with E-state index < -0.39 is 0 Å². The summed E-state index contributed by atoms with van der Waals surface area (Å²) in [5.41, 5.74) is 0.138. The minimum Gasteiger partial charge on any atom is -0.378 e. The van der Waals surface area contributed by atoms with Crippen molar-refractivity contribution < 1.29 is 9.47 Å². The fraction of sp³-hybridized carbons (Fsp3) is 1.00. The first kappa shape index (κ1) is 12.3. The van der Waals surface area contributed by atoms with Gasteiger partial charge in [0.25, 0.3) is 0 Å². The van der Waals surface area contributed by atoms with Crippen LogP contribution in [0.5, 0.6) is 0 Å². The highest BCUT2D eigenvalue weighted by Crippen LogP contribution is 2.43. The molecule has 0 aromatic carbocycles. The van der Waals surface area contributed by atoms with Crippen molar-refractivity contribution in [1.29, 1.82) is 0 Å². The van der Waals surface area contributed by atoms with E-state index in [1.54, 1.807) is 0 Å². The number of hydrogen-bond acceptors (Lipinski definition) is 3. The van der Waals surface area contributed by atoms with Crippen molar-refractivity contribution in [3.8, 4) is 0 Å². The Morgan fingerprint density at radius 2 is 1.88 bits per heavy atom. The van der Waals surface area contributed by atoms with E-state index in [0.717, 1.165) is 45.4 Å². The second-order valence-electron chi connectivity index (χ2n) is 5.26. The number of nitrogens with one attached hydrogen (secondary N) is 1. The zero-order valence-corrected chi connectivity index (χ0v) is 10.8. The minimum atomic E-state index is 0.0649. The van der Waals surface area contributed by atoms with E-state index in [1.807, 2.05) is 0 Å². The third-order valence-electron chi connectivity index (χ3n) is 4.22. The van der Waals surface area contributed by atoms with Crippen molar-refractivity contribution in [1.82, 2.24) is 5.32 Å². The van der Waals surface area contributed by atoms with Gasteiger partial charge in [-0.05, 0) is 19.8 Å². The van der Waals surface area contributed by atoms with E-state index in [1.165, 1.54) is 0 Å². The van der Waals surface area contributed by atoms with Crippen LogP contribution in [0.25, 0.3) is 0 Å². The molecule has 2 aliphatic rings. The molecule has 1 N–H and O–H groups in total. The first-order valence-corrected chi connectivity index (χ1v) is 6.70. The van der Waals surface area contributed by atoms with Gasteiger partial charge in [-0.1, -0.05) is 13.8 Å². The fourth-order valence-corrected chi connectivity index (χ4v) is 3.05. The van der Waals surface area contributed by atoms with Gasteiger partial charge in [-0.15, -0.1) is 0 Å². The predicted octanol–water partition coefficient (Wildman–Crippen LogP) is 2.10. The summed E-state index contributed by atoms with van der Waals surface area (Å²) < 4.78 is 12.1. The molecule has 1 saturated heterocycles. The molecule has 3 heteroatoms. The molecule has 1 aliphatic carbocycles. The number of morpholine rings is 1. The summed E-state index contributed by atoms with van der Waals surface area (Å²) in [7, 11) is 0. The van der Waals surface area contributed by atoms with Crippen molar-refractivity contribution in [2.75, 3.05) is 19.7 Å². The molecule has 1 heterocycles. The summed E-state index contributed by atoms with van der Waals surface area (Å²) in [6.07, 6.45) is 4.75. The first-order chi connectivity index (χ1) is 7.67. The lowest BCUT2D eigenvalue weighted by atomic mass is 9.74. The Labute approximate surface area is 98.9 Å². The molecule has 16 heavy (non-hydrogen) atoms. The smallest absolute Gasteiger partial charge is 0.0863 e. The molecular weight excluding hydrogens is 202 g/mol. The monoisotopic (exact) mass is 227 g/mol. The van der Waals surface area contributed by atoms with Gasteiger partial charge in [0.1, 0.15) is 0 Å². The molecule has 0 atom stereocenters. The number of rotatable bonds is 4.